The van der Waals surface area contributed by atoms with Gasteiger partial charge in [0.1, 0.15) is 0 Å². The van der Waals surface area contributed by atoms with Gasteiger partial charge in [0.25, 0.3) is 0 Å². The third-order valence-corrected chi connectivity index (χ3v) is 3.26. The molecular formula is C13H14N4S. The van der Waals surface area contributed by atoms with Gasteiger partial charge in [0.2, 0.25) is 0 Å². The van der Waals surface area contributed by atoms with Crippen LogP contribution >= 0.6 is 11.8 Å². The van der Waals surface area contributed by atoms with Crippen LogP contribution in [-0.4, -0.2) is 25.5 Å². The summed E-state index contributed by atoms with van der Waals surface area (Å²) in [5.74, 6) is 1.65. The molecule has 0 saturated carbocycles. The molecular weight excluding hydrogens is 244 g/mol. The third kappa shape index (κ3) is 2.68. The molecule has 0 radical (unpaired) electrons. The van der Waals surface area contributed by atoms with E-state index in [0.717, 1.165) is 22.3 Å². The number of thioether (sulfide) groups is 1. The van der Waals surface area contributed by atoms with Gasteiger partial charge in [-0.3, -0.25) is 9.55 Å². The van der Waals surface area contributed by atoms with Crippen molar-refractivity contribution in [3.63, 3.8) is 0 Å². The van der Waals surface area contributed by atoms with Crippen molar-refractivity contribution in [2.45, 2.75) is 11.7 Å². The molecule has 4 nitrogen and oxygen atoms in total. The van der Waals surface area contributed by atoms with E-state index in [1.807, 2.05) is 28.9 Å². The van der Waals surface area contributed by atoms with Crippen LogP contribution in [0.15, 0.2) is 55.0 Å². The van der Waals surface area contributed by atoms with Crippen molar-refractivity contribution in [1.82, 2.24) is 19.7 Å². The van der Waals surface area contributed by atoms with E-state index >= 15 is 0 Å². The molecule has 0 unspecified atom stereocenters. The predicted octanol–water partition coefficient (Wildman–Crippen LogP) is 2.80. The molecule has 2 aromatic rings. The number of rotatable bonds is 6. The number of pyridine rings is 1. The number of aromatic nitrogens is 4. The van der Waals surface area contributed by atoms with Gasteiger partial charge in [-0.15, -0.1) is 23.4 Å². The van der Waals surface area contributed by atoms with Crippen LogP contribution in [0, 0.1) is 0 Å². The van der Waals surface area contributed by atoms with E-state index in [2.05, 4.69) is 28.3 Å². The van der Waals surface area contributed by atoms with Crippen LogP contribution in [0.25, 0.3) is 11.4 Å². The first kappa shape index (κ1) is 12.6. The van der Waals surface area contributed by atoms with Gasteiger partial charge >= 0.3 is 0 Å². The van der Waals surface area contributed by atoms with E-state index in [-0.39, 0.29) is 0 Å². The smallest absolute Gasteiger partial charge is 0.192 e. The highest BCUT2D eigenvalue weighted by molar-refractivity contribution is 7.99. The fourth-order valence-electron chi connectivity index (χ4n) is 1.54. The first-order valence-electron chi connectivity index (χ1n) is 5.55. The van der Waals surface area contributed by atoms with Crippen molar-refractivity contribution in [1.29, 1.82) is 0 Å². The highest BCUT2D eigenvalue weighted by atomic mass is 32.2. The number of allylic oxidation sites excluding steroid dienone is 1. The van der Waals surface area contributed by atoms with Gasteiger partial charge in [0.05, 0.1) is 0 Å². The topological polar surface area (TPSA) is 43.6 Å². The monoisotopic (exact) mass is 258 g/mol. The van der Waals surface area contributed by atoms with E-state index in [9.17, 15) is 0 Å². The van der Waals surface area contributed by atoms with Crippen molar-refractivity contribution >= 4 is 11.8 Å². The van der Waals surface area contributed by atoms with E-state index < -0.39 is 0 Å². The lowest BCUT2D eigenvalue weighted by Gasteiger charge is -2.06. The minimum Gasteiger partial charge on any atom is -0.298 e. The molecule has 0 bridgehead atoms. The first-order valence-corrected chi connectivity index (χ1v) is 6.53. The Kier molecular flexibility index (Phi) is 4.30. The summed E-state index contributed by atoms with van der Waals surface area (Å²) in [5, 5.41) is 9.33. The highest BCUT2D eigenvalue weighted by Gasteiger charge is 2.12. The van der Waals surface area contributed by atoms with Crippen LogP contribution in [0.3, 0.4) is 0 Å². The van der Waals surface area contributed by atoms with Gasteiger partial charge in [0.15, 0.2) is 11.0 Å². The van der Waals surface area contributed by atoms with Crippen LogP contribution in [0.1, 0.15) is 0 Å². The molecule has 0 spiro atoms. The van der Waals surface area contributed by atoms with Gasteiger partial charge < -0.3 is 0 Å². The van der Waals surface area contributed by atoms with E-state index in [4.69, 9.17) is 0 Å². The summed E-state index contributed by atoms with van der Waals surface area (Å²) in [5.41, 5.74) is 1.00. The van der Waals surface area contributed by atoms with Gasteiger partial charge in [0, 0.05) is 30.3 Å². The Balaban J connectivity index is 2.38. The highest BCUT2D eigenvalue weighted by Crippen LogP contribution is 2.23. The van der Waals surface area contributed by atoms with Crippen molar-refractivity contribution in [2.24, 2.45) is 0 Å². The molecule has 0 fully saturated rings. The summed E-state index contributed by atoms with van der Waals surface area (Å²) in [7, 11) is 0. The first-order chi connectivity index (χ1) is 8.86. The Morgan fingerprint density at radius 1 is 1.17 bits per heavy atom. The summed E-state index contributed by atoms with van der Waals surface area (Å²) in [6.45, 7) is 8.17. The fourth-order valence-corrected chi connectivity index (χ4v) is 2.22. The molecule has 2 heterocycles. The quantitative estimate of drug-likeness (QED) is 0.590. The zero-order chi connectivity index (χ0) is 12.8. The Hall–Kier alpha value is -1.88. The standard InChI is InChI=1S/C13H14N4S/c1-3-9-17-12(11-5-7-14-8-6-11)15-16-13(17)18-10-4-2/h3-8H,1-2,9-10H2. The van der Waals surface area contributed by atoms with Crippen molar-refractivity contribution in [3.05, 3.63) is 49.8 Å². The Morgan fingerprint density at radius 2 is 1.94 bits per heavy atom. The summed E-state index contributed by atoms with van der Waals surface area (Å²) >= 11 is 1.61. The van der Waals surface area contributed by atoms with E-state index in [0.29, 0.717) is 6.54 Å². The maximum absolute atomic E-state index is 4.24. The lowest BCUT2D eigenvalue weighted by Crippen LogP contribution is -2.00. The molecule has 0 N–H and O–H groups in total. The number of nitrogens with zero attached hydrogens (tertiary/aromatic N) is 4. The lowest BCUT2D eigenvalue weighted by atomic mass is 10.2. The predicted molar refractivity (Wildman–Crippen MR) is 74.4 cm³/mol. The van der Waals surface area contributed by atoms with Gasteiger partial charge in [-0.05, 0) is 12.1 Å². The maximum atomic E-state index is 4.24. The zero-order valence-electron chi connectivity index (χ0n) is 9.99. The normalized spacial score (nSPS) is 10.2. The van der Waals surface area contributed by atoms with Gasteiger partial charge in [-0.25, -0.2) is 0 Å². The molecule has 0 aliphatic heterocycles. The average molecular weight is 258 g/mol. The Bertz CT molecular complexity index is 533. The summed E-state index contributed by atoms with van der Waals surface area (Å²) in [4.78, 5) is 4.01. The largest absolute Gasteiger partial charge is 0.298 e. The van der Waals surface area contributed by atoms with Gasteiger partial charge in [-0.2, -0.15) is 0 Å². The lowest BCUT2D eigenvalue weighted by molar-refractivity contribution is 0.731. The molecule has 92 valence electrons. The molecule has 0 amide bonds. The van der Waals surface area contributed by atoms with Crippen LogP contribution in [-0.2, 0) is 6.54 Å². The minimum absolute atomic E-state index is 0.685. The van der Waals surface area contributed by atoms with Crippen molar-refractivity contribution in [3.8, 4) is 11.4 Å². The van der Waals surface area contributed by atoms with E-state index in [1.165, 1.54) is 0 Å². The fraction of sp³-hybridized carbons (Fsp3) is 0.154. The molecule has 2 aromatic heterocycles. The molecule has 0 aromatic carbocycles. The van der Waals surface area contributed by atoms with Crippen LogP contribution in [0.4, 0.5) is 0 Å². The van der Waals surface area contributed by atoms with Gasteiger partial charge in [-0.1, -0.05) is 23.9 Å². The van der Waals surface area contributed by atoms with Crippen molar-refractivity contribution in [2.75, 3.05) is 5.75 Å². The van der Waals surface area contributed by atoms with Crippen molar-refractivity contribution < 1.29 is 0 Å². The van der Waals surface area contributed by atoms with Crippen LogP contribution in [0.5, 0.6) is 0 Å². The molecule has 0 aliphatic carbocycles. The van der Waals surface area contributed by atoms with E-state index in [1.54, 1.807) is 24.2 Å². The zero-order valence-corrected chi connectivity index (χ0v) is 10.8. The third-order valence-electron chi connectivity index (χ3n) is 2.30. The summed E-state index contributed by atoms with van der Waals surface area (Å²) in [6.07, 6.45) is 7.19. The molecule has 18 heavy (non-hydrogen) atoms. The summed E-state index contributed by atoms with van der Waals surface area (Å²) < 4.78 is 2.04. The second-order valence-corrected chi connectivity index (χ2v) is 4.53. The molecule has 0 atom stereocenters. The molecule has 0 aliphatic rings. The number of hydrogen-bond donors (Lipinski definition) is 0. The Morgan fingerprint density at radius 3 is 2.61 bits per heavy atom. The number of hydrogen-bond acceptors (Lipinski definition) is 4. The molecule has 2 rings (SSSR count). The SMILES string of the molecule is C=CCSc1nnc(-c2ccncc2)n1CC=C. The molecule has 0 saturated heterocycles. The second-order valence-electron chi connectivity index (χ2n) is 3.54. The Labute approximate surface area is 110 Å². The van der Waals surface area contributed by atoms with Crippen LogP contribution in [0.2, 0.25) is 0 Å². The maximum Gasteiger partial charge on any atom is 0.192 e. The van der Waals surface area contributed by atoms with Crippen LogP contribution < -0.4 is 0 Å². The minimum atomic E-state index is 0.685. The average Bonchev–Trinajstić information content (AvgIpc) is 2.81. The molecule has 5 heteroatoms. The summed E-state index contributed by atoms with van der Waals surface area (Å²) in [6, 6.07) is 3.84. The second kappa shape index (κ2) is 6.16.